The lowest BCUT2D eigenvalue weighted by molar-refractivity contribution is -0.123. The van der Waals surface area contributed by atoms with E-state index in [2.05, 4.69) is 4.90 Å². The number of amides is 1. The number of hydrogen-bond acceptors (Lipinski definition) is 4. The van der Waals surface area contributed by atoms with Crippen molar-refractivity contribution in [3.8, 4) is 0 Å². The lowest BCUT2D eigenvalue weighted by atomic mass is 9.96. The van der Waals surface area contributed by atoms with Crippen molar-refractivity contribution >= 4 is 5.91 Å². The molecule has 1 fully saturated rings. The summed E-state index contributed by atoms with van der Waals surface area (Å²) in [5.41, 5.74) is 10.5. The van der Waals surface area contributed by atoms with Crippen LogP contribution < -0.4 is 11.5 Å². The summed E-state index contributed by atoms with van der Waals surface area (Å²) in [4.78, 5) is 13.0. The molecule has 0 aromatic carbocycles. The standard InChI is InChI=1S/C9H19N3O2/c10-5-8(13)6-12-3-1-7(2-4-12)9(11)14/h7-8,13H,1-6,10H2,(H2,11,14). The average Bonchev–Trinajstić information content (AvgIpc) is 2.18. The zero-order valence-corrected chi connectivity index (χ0v) is 8.35. The average molecular weight is 201 g/mol. The lowest BCUT2D eigenvalue weighted by Crippen LogP contribution is -2.43. The number of hydrogen-bond donors (Lipinski definition) is 3. The zero-order valence-electron chi connectivity index (χ0n) is 8.35. The Balaban J connectivity index is 2.25. The second-order valence-corrected chi connectivity index (χ2v) is 3.87. The Morgan fingerprint density at radius 2 is 2.07 bits per heavy atom. The molecule has 1 rings (SSSR count). The second kappa shape index (κ2) is 5.29. The monoisotopic (exact) mass is 201 g/mol. The molecule has 0 saturated carbocycles. The highest BCUT2D eigenvalue weighted by Gasteiger charge is 2.23. The van der Waals surface area contributed by atoms with Crippen LogP contribution in [0.2, 0.25) is 0 Å². The molecule has 1 heterocycles. The molecule has 0 aliphatic carbocycles. The highest BCUT2D eigenvalue weighted by molar-refractivity contribution is 5.76. The number of aliphatic hydroxyl groups is 1. The fourth-order valence-corrected chi connectivity index (χ4v) is 1.77. The summed E-state index contributed by atoms with van der Waals surface area (Å²) in [6, 6.07) is 0. The van der Waals surface area contributed by atoms with Crippen LogP contribution in [0.5, 0.6) is 0 Å². The highest BCUT2D eigenvalue weighted by atomic mass is 16.3. The normalized spacial score (nSPS) is 22.1. The predicted octanol–water partition coefficient (Wildman–Crippen LogP) is -1.50. The Labute approximate surface area is 84.0 Å². The van der Waals surface area contributed by atoms with Crippen molar-refractivity contribution in [2.24, 2.45) is 17.4 Å². The molecule has 1 aliphatic heterocycles. The van der Waals surface area contributed by atoms with Gasteiger partial charge in [-0.3, -0.25) is 4.79 Å². The molecule has 1 amide bonds. The minimum absolute atomic E-state index is 0.0151. The summed E-state index contributed by atoms with van der Waals surface area (Å²) < 4.78 is 0. The topological polar surface area (TPSA) is 92.6 Å². The van der Waals surface area contributed by atoms with Crippen LogP contribution in [0.4, 0.5) is 0 Å². The molecule has 5 nitrogen and oxygen atoms in total. The van der Waals surface area contributed by atoms with E-state index < -0.39 is 6.10 Å². The van der Waals surface area contributed by atoms with Gasteiger partial charge in [-0.05, 0) is 25.9 Å². The van der Waals surface area contributed by atoms with Crippen molar-refractivity contribution in [2.45, 2.75) is 18.9 Å². The molecule has 0 radical (unpaired) electrons. The second-order valence-electron chi connectivity index (χ2n) is 3.87. The third kappa shape index (κ3) is 3.25. The zero-order chi connectivity index (χ0) is 10.6. The van der Waals surface area contributed by atoms with Gasteiger partial charge in [0.1, 0.15) is 0 Å². The van der Waals surface area contributed by atoms with Gasteiger partial charge >= 0.3 is 0 Å². The molecule has 5 N–H and O–H groups in total. The Hall–Kier alpha value is -0.650. The van der Waals surface area contributed by atoms with Crippen molar-refractivity contribution in [1.29, 1.82) is 0 Å². The molecule has 82 valence electrons. The van der Waals surface area contributed by atoms with Gasteiger partial charge in [0.05, 0.1) is 6.10 Å². The number of primary amides is 1. The van der Waals surface area contributed by atoms with Crippen LogP contribution >= 0.6 is 0 Å². The molecule has 1 saturated heterocycles. The van der Waals surface area contributed by atoms with E-state index in [-0.39, 0.29) is 18.4 Å². The number of rotatable bonds is 4. The number of nitrogens with two attached hydrogens (primary N) is 2. The maximum Gasteiger partial charge on any atom is 0.220 e. The van der Waals surface area contributed by atoms with Gasteiger partial charge in [0.25, 0.3) is 0 Å². The quantitative estimate of drug-likeness (QED) is 0.516. The van der Waals surface area contributed by atoms with E-state index in [1.54, 1.807) is 0 Å². The van der Waals surface area contributed by atoms with Crippen LogP contribution in [-0.2, 0) is 4.79 Å². The summed E-state index contributed by atoms with van der Waals surface area (Å²) in [6.45, 7) is 2.53. The third-order valence-electron chi connectivity index (χ3n) is 2.73. The lowest BCUT2D eigenvalue weighted by Gasteiger charge is -2.31. The predicted molar refractivity (Wildman–Crippen MR) is 53.4 cm³/mol. The number of nitrogens with zero attached hydrogens (tertiary/aromatic N) is 1. The van der Waals surface area contributed by atoms with Crippen molar-refractivity contribution in [3.05, 3.63) is 0 Å². The van der Waals surface area contributed by atoms with Gasteiger partial charge in [0.15, 0.2) is 0 Å². The summed E-state index contributed by atoms with van der Waals surface area (Å²) in [7, 11) is 0. The Morgan fingerprint density at radius 3 is 2.50 bits per heavy atom. The SMILES string of the molecule is NCC(O)CN1CCC(C(N)=O)CC1. The van der Waals surface area contributed by atoms with E-state index in [1.807, 2.05) is 0 Å². The van der Waals surface area contributed by atoms with E-state index in [1.165, 1.54) is 0 Å². The van der Waals surface area contributed by atoms with E-state index >= 15 is 0 Å². The summed E-state index contributed by atoms with van der Waals surface area (Å²) in [5.74, 6) is -0.190. The van der Waals surface area contributed by atoms with E-state index in [9.17, 15) is 9.90 Å². The van der Waals surface area contributed by atoms with Gasteiger partial charge in [-0.2, -0.15) is 0 Å². The molecule has 1 aliphatic rings. The smallest absolute Gasteiger partial charge is 0.220 e. The fourth-order valence-electron chi connectivity index (χ4n) is 1.77. The van der Waals surface area contributed by atoms with Gasteiger partial charge in [-0.1, -0.05) is 0 Å². The number of aliphatic hydroxyl groups excluding tert-OH is 1. The Kier molecular flexibility index (Phi) is 4.31. The van der Waals surface area contributed by atoms with Gasteiger partial charge in [0, 0.05) is 19.0 Å². The van der Waals surface area contributed by atoms with Crippen LogP contribution in [0.15, 0.2) is 0 Å². The molecular formula is C9H19N3O2. The molecule has 0 aromatic rings. The molecule has 0 bridgehead atoms. The van der Waals surface area contributed by atoms with E-state index in [4.69, 9.17) is 11.5 Å². The number of β-amino-alcohol motifs (C(OH)–C–C–N with tert-alkyl or cyclic N) is 1. The van der Waals surface area contributed by atoms with Gasteiger partial charge in [0.2, 0.25) is 5.91 Å². The van der Waals surface area contributed by atoms with Crippen LogP contribution in [0.1, 0.15) is 12.8 Å². The van der Waals surface area contributed by atoms with Crippen LogP contribution in [0.25, 0.3) is 0 Å². The Morgan fingerprint density at radius 1 is 1.50 bits per heavy atom. The number of likely N-dealkylation sites (tertiary alicyclic amines) is 1. The molecule has 1 atom stereocenters. The van der Waals surface area contributed by atoms with Gasteiger partial charge in [-0.25, -0.2) is 0 Å². The number of carbonyl (C=O) groups is 1. The van der Waals surface area contributed by atoms with E-state index in [0.717, 1.165) is 25.9 Å². The highest BCUT2D eigenvalue weighted by Crippen LogP contribution is 2.16. The summed E-state index contributed by atoms with van der Waals surface area (Å²) in [6.07, 6.45) is 1.14. The molecule has 0 aromatic heterocycles. The first-order chi connectivity index (χ1) is 6.63. The van der Waals surface area contributed by atoms with Crippen molar-refractivity contribution in [2.75, 3.05) is 26.2 Å². The molecule has 1 unspecified atom stereocenters. The van der Waals surface area contributed by atoms with Gasteiger partial charge < -0.3 is 21.5 Å². The molecule has 0 spiro atoms. The van der Waals surface area contributed by atoms with Crippen molar-refractivity contribution in [1.82, 2.24) is 4.90 Å². The first kappa shape index (κ1) is 11.4. The van der Waals surface area contributed by atoms with Crippen molar-refractivity contribution < 1.29 is 9.90 Å². The van der Waals surface area contributed by atoms with Crippen LogP contribution in [0, 0.1) is 5.92 Å². The largest absolute Gasteiger partial charge is 0.390 e. The number of carbonyl (C=O) groups excluding carboxylic acids is 1. The Bertz CT molecular complexity index is 190. The maximum absolute atomic E-state index is 10.9. The first-order valence-electron chi connectivity index (χ1n) is 5.03. The first-order valence-corrected chi connectivity index (χ1v) is 5.03. The number of piperidine rings is 1. The van der Waals surface area contributed by atoms with Gasteiger partial charge in [-0.15, -0.1) is 0 Å². The minimum atomic E-state index is -0.458. The summed E-state index contributed by atoms with van der Waals surface area (Å²) >= 11 is 0. The van der Waals surface area contributed by atoms with Crippen molar-refractivity contribution in [3.63, 3.8) is 0 Å². The molecular weight excluding hydrogens is 182 g/mol. The van der Waals surface area contributed by atoms with Crippen LogP contribution in [0.3, 0.4) is 0 Å². The minimum Gasteiger partial charge on any atom is -0.390 e. The molecule has 14 heavy (non-hydrogen) atoms. The van der Waals surface area contributed by atoms with Crippen LogP contribution in [-0.4, -0.2) is 48.2 Å². The third-order valence-corrected chi connectivity index (χ3v) is 2.73. The summed E-state index contributed by atoms with van der Waals surface area (Å²) in [5, 5.41) is 9.33. The fraction of sp³-hybridized carbons (Fsp3) is 0.889. The molecule has 5 heteroatoms. The van der Waals surface area contributed by atoms with E-state index in [0.29, 0.717) is 6.54 Å². The maximum atomic E-state index is 10.9.